The normalized spacial score (nSPS) is 23.3. The lowest BCUT2D eigenvalue weighted by atomic mass is 9.88. The number of fused-ring (bicyclic) bond motifs is 4. The lowest BCUT2D eigenvalue weighted by molar-refractivity contribution is -0.152. The molecular formula is C55H63FN10O10. The van der Waals surface area contributed by atoms with Gasteiger partial charge in [0.25, 0.3) is 0 Å². The molecule has 1 aliphatic carbocycles. The maximum absolute atomic E-state index is 16.8. The molecule has 2 N–H and O–H groups in total. The third-order valence-corrected chi connectivity index (χ3v) is 16.3. The number of aliphatic hydroxyl groups excluding tert-OH is 1. The molecule has 6 aromatic rings. The van der Waals surface area contributed by atoms with Gasteiger partial charge in [0.1, 0.15) is 47.6 Å². The van der Waals surface area contributed by atoms with Gasteiger partial charge in [-0.05, 0) is 80.0 Å². The molecule has 1 unspecified atom stereocenters. The zero-order valence-electron chi connectivity index (χ0n) is 43.1. The van der Waals surface area contributed by atoms with Crippen LogP contribution in [0.4, 0.5) is 15.0 Å². The number of hydrogen-bond acceptors (Lipinski definition) is 15. The van der Waals surface area contributed by atoms with Crippen molar-refractivity contribution in [1.82, 2.24) is 44.5 Å². The second kappa shape index (κ2) is 20.2. The summed E-state index contributed by atoms with van der Waals surface area (Å²) in [5.41, 5.74) is 6.01. The third-order valence-electron chi connectivity index (χ3n) is 16.3. The number of aliphatic hydroxyl groups is 1. The number of carboxylic acid groups (broad SMARTS) is 1. The van der Waals surface area contributed by atoms with Gasteiger partial charge in [0.15, 0.2) is 12.0 Å². The van der Waals surface area contributed by atoms with Gasteiger partial charge in [-0.2, -0.15) is 15.1 Å². The minimum absolute atomic E-state index is 0.00790. The molecule has 8 heterocycles. The van der Waals surface area contributed by atoms with E-state index in [0.717, 1.165) is 65.1 Å². The molecule has 0 radical (unpaired) electrons. The molecule has 5 saturated heterocycles. The van der Waals surface area contributed by atoms with E-state index >= 15 is 4.39 Å². The summed E-state index contributed by atoms with van der Waals surface area (Å²) >= 11 is 0. The number of amides is 2. The summed E-state index contributed by atoms with van der Waals surface area (Å²) in [6.45, 7) is 8.16. The number of esters is 1. The van der Waals surface area contributed by atoms with Crippen LogP contribution in [0.3, 0.4) is 0 Å². The third kappa shape index (κ3) is 9.12. The molecular weight excluding hydrogens is 980 g/mol. The number of likely N-dealkylation sites (tertiary alicyclic amines) is 2. The van der Waals surface area contributed by atoms with Gasteiger partial charge in [-0.3, -0.25) is 4.79 Å². The summed E-state index contributed by atoms with van der Waals surface area (Å²) in [5, 5.41) is 35.7. The molecule has 0 spiro atoms. The maximum atomic E-state index is 16.8. The van der Waals surface area contributed by atoms with Crippen molar-refractivity contribution in [3.63, 3.8) is 0 Å². The van der Waals surface area contributed by atoms with E-state index in [1.807, 2.05) is 49.0 Å². The second-order valence-electron chi connectivity index (χ2n) is 21.6. The Bertz CT molecular complexity index is 3200. The van der Waals surface area contributed by atoms with E-state index < -0.39 is 30.3 Å². The van der Waals surface area contributed by atoms with E-state index in [-0.39, 0.29) is 73.6 Å². The maximum Gasteiger partial charge on any atom is 0.407 e. The Labute approximate surface area is 438 Å². The number of nitrogens with zero attached hydrogens (tertiary/aromatic N) is 10. The number of ether oxygens (including phenoxy) is 5. The van der Waals surface area contributed by atoms with Gasteiger partial charge in [-0.15, -0.1) is 5.10 Å². The van der Waals surface area contributed by atoms with Gasteiger partial charge < -0.3 is 48.6 Å². The highest BCUT2D eigenvalue weighted by molar-refractivity contribution is 6.06. The quantitative estimate of drug-likeness (QED) is 0.102. The Balaban J connectivity index is 0.950. The Morgan fingerprint density at radius 2 is 1.71 bits per heavy atom. The van der Waals surface area contributed by atoms with E-state index in [0.29, 0.717) is 91.6 Å². The first kappa shape index (κ1) is 49.9. The molecule has 21 heteroatoms. The van der Waals surface area contributed by atoms with E-state index in [1.54, 1.807) is 19.2 Å². The van der Waals surface area contributed by atoms with Crippen molar-refractivity contribution < 1.29 is 52.7 Å². The van der Waals surface area contributed by atoms with E-state index in [9.17, 15) is 24.6 Å². The number of aromatic nitrogens is 7. The van der Waals surface area contributed by atoms with Crippen molar-refractivity contribution in [2.45, 2.75) is 134 Å². The highest BCUT2D eigenvalue weighted by Crippen LogP contribution is 2.54. The average molecular weight is 1040 g/mol. The van der Waals surface area contributed by atoms with Crippen molar-refractivity contribution in [2.75, 3.05) is 51.5 Å². The van der Waals surface area contributed by atoms with Crippen LogP contribution in [0, 0.1) is 18.7 Å². The summed E-state index contributed by atoms with van der Waals surface area (Å²) in [4.78, 5) is 54.5. The molecule has 400 valence electrons. The molecule has 5 aliphatic heterocycles. The van der Waals surface area contributed by atoms with Gasteiger partial charge in [0, 0.05) is 79.0 Å². The van der Waals surface area contributed by atoms with Crippen LogP contribution in [-0.4, -0.2) is 150 Å². The minimum Gasteiger partial charge on any atom is -0.486 e. The summed E-state index contributed by atoms with van der Waals surface area (Å²) in [6.07, 6.45) is 7.81. The first-order chi connectivity index (χ1) is 36.8. The van der Waals surface area contributed by atoms with Crippen molar-refractivity contribution >= 4 is 45.6 Å². The Morgan fingerprint density at radius 3 is 2.41 bits per heavy atom. The fourth-order valence-corrected chi connectivity index (χ4v) is 12.2. The molecule has 2 amide bonds. The van der Waals surface area contributed by atoms with Crippen LogP contribution < -0.4 is 14.4 Å². The van der Waals surface area contributed by atoms with Crippen molar-refractivity contribution in [3.8, 4) is 34.1 Å². The smallest absolute Gasteiger partial charge is 0.407 e. The first-order valence-electron chi connectivity index (χ1n) is 26.7. The number of benzene rings is 3. The molecule has 6 fully saturated rings. The highest BCUT2D eigenvalue weighted by Gasteiger charge is 2.48. The van der Waals surface area contributed by atoms with Crippen molar-refractivity contribution in [3.05, 3.63) is 71.3 Å². The second-order valence-corrected chi connectivity index (χ2v) is 21.6. The molecule has 3 aromatic heterocycles. The monoisotopic (exact) mass is 1040 g/mol. The standard InChI is InChI=1S/C55H63FN10O10/c1-29(2)49(52(68)64-26-36(67)20-44(64)53(69)72-4)65-27-42(60-61-65)33-10-8-31(9-11-33)28-75-50-47(46-30(3)41(56)22-43-40(46)23-57-66(43)45-7-5-6-16-74-45)38(32-12-13-32)21-39-48(50)58-54(76-37-14-17-73-18-15-37)59-51(39)62-24-35-19-34(62)25-63(35)55(70)71/h8-11,21-23,27,29,32,34-37,44-45,49,67H,5-7,12-20,24-26,28H2,1-4H3,(H,70,71)/t34-,35-,36+,44-,45?,49-/m0/s1. The fraction of sp³-hybridized carbons (Fsp3) is 0.527. The van der Waals surface area contributed by atoms with Crippen LogP contribution in [0.1, 0.15) is 107 Å². The van der Waals surface area contributed by atoms with E-state index in [2.05, 4.69) is 21.3 Å². The van der Waals surface area contributed by atoms with Gasteiger partial charge >= 0.3 is 18.1 Å². The van der Waals surface area contributed by atoms with Crippen LogP contribution in [-0.2, 0) is 30.4 Å². The number of β-amino-alcohol motifs (C(OH)–C–C–N with tert-alkyl or cyclic N) is 1. The number of hydrogen-bond donors (Lipinski definition) is 2. The minimum atomic E-state index is -0.933. The number of methoxy groups -OCH3 is 1. The number of piperazine rings is 1. The number of rotatable bonds is 14. The number of anilines is 1. The van der Waals surface area contributed by atoms with Crippen LogP contribution >= 0.6 is 0 Å². The first-order valence-corrected chi connectivity index (χ1v) is 26.7. The Kier molecular flexibility index (Phi) is 13.3. The largest absolute Gasteiger partial charge is 0.486 e. The number of carbonyl (C=O) groups is 3. The van der Waals surface area contributed by atoms with Crippen LogP contribution in [0.25, 0.3) is 44.2 Å². The molecule has 6 atom stereocenters. The van der Waals surface area contributed by atoms with Gasteiger partial charge in [-0.25, -0.2) is 23.3 Å². The molecule has 2 bridgehead atoms. The zero-order valence-corrected chi connectivity index (χ0v) is 43.1. The van der Waals surface area contributed by atoms with Crippen molar-refractivity contribution in [1.29, 1.82) is 0 Å². The number of halogens is 1. The topological polar surface area (TPSA) is 222 Å². The summed E-state index contributed by atoms with van der Waals surface area (Å²) in [6, 6.07) is 9.57. The van der Waals surface area contributed by atoms with Gasteiger partial charge in [-0.1, -0.05) is 43.3 Å². The lowest BCUT2D eigenvalue weighted by Gasteiger charge is -2.34. The van der Waals surface area contributed by atoms with Gasteiger partial charge in [0.05, 0.1) is 56.4 Å². The molecule has 76 heavy (non-hydrogen) atoms. The van der Waals surface area contributed by atoms with E-state index in [1.165, 1.54) is 21.6 Å². The van der Waals surface area contributed by atoms with Crippen LogP contribution in [0.15, 0.2) is 48.8 Å². The molecule has 12 rings (SSSR count). The molecule has 1 saturated carbocycles. The SMILES string of the molecule is COC(=O)[C@@H]1C[C@@H](O)CN1C(=O)[C@H](C(C)C)n1cc(-c2ccc(COc3c(-c4c(C)c(F)cc5c4cnn5C4CCCCO4)c(C4CC4)cc4c(N5C[C@@H]6C[C@H]5CN6C(=O)O)nc(OC5CCOCC5)nc34)cc2)nn1. The number of carbonyl (C=O) groups excluding carboxylic acids is 2. The Hall–Kier alpha value is -6.97. The average Bonchev–Trinajstić information content (AvgIpc) is 3.94. The van der Waals surface area contributed by atoms with Crippen LogP contribution in [0.5, 0.6) is 11.8 Å². The summed E-state index contributed by atoms with van der Waals surface area (Å²) in [5.74, 6) is -0.328. The summed E-state index contributed by atoms with van der Waals surface area (Å²) < 4.78 is 50.8. The fourth-order valence-electron chi connectivity index (χ4n) is 12.2. The van der Waals surface area contributed by atoms with Crippen molar-refractivity contribution in [2.24, 2.45) is 5.92 Å². The Morgan fingerprint density at radius 1 is 0.908 bits per heavy atom. The predicted octanol–water partition coefficient (Wildman–Crippen LogP) is 7.34. The predicted molar refractivity (Wildman–Crippen MR) is 274 cm³/mol. The lowest BCUT2D eigenvalue weighted by Crippen LogP contribution is -2.48. The van der Waals surface area contributed by atoms with E-state index in [4.69, 9.17) is 38.8 Å². The highest BCUT2D eigenvalue weighted by atomic mass is 19.1. The molecule has 20 nitrogen and oxygen atoms in total. The molecule has 6 aliphatic rings. The van der Waals surface area contributed by atoms with Crippen LogP contribution in [0.2, 0.25) is 0 Å². The van der Waals surface area contributed by atoms with Gasteiger partial charge in [0.2, 0.25) is 5.91 Å². The molecule has 3 aromatic carbocycles. The summed E-state index contributed by atoms with van der Waals surface area (Å²) in [7, 11) is 1.26. The zero-order chi connectivity index (χ0) is 52.5.